The molecule has 1 amide bonds. The molecule has 0 saturated carbocycles. The predicted octanol–water partition coefficient (Wildman–Crippen LogP) is 0.725. The molecule has 178 valence electrons. The van der Waals surface area contributed by atoms with Gasteiger partial charge in [0.1, 0.15) is 0 Å². The number of carbonyl (C=O) groups excluding carboxylic acids is 1. The van der Waals surface area contributed by atoms with Gasteiger partial charge in [-0.2, -0.15) is 0 Å². The Bertz CT molecular complexity index is 773. The molecule has 10 heteroatoms. The molecule has 2 N–H and O–H groups in total. The second kappa shape index (κ2) is 9.63. The Morgan fingerprint density at radius 1 is 1.22 bits per heavy atom. The Kier molecular flexibility index (Phi) is 7.49. The van der Waals surface area contributed by atoms with Crippen molar-refractivity contribution in [2.75, 3.05) is 24.6 Å². The van der Waals surface area contributed by atoms with E-state index in [1.54, 1.807) is 17.3 Å². The summed E-state index contributed by atoms with van der Waals surface area (Å²) in [7, 11) is -0.520. The van der Waals surface area contributed by atoms with E-state index in [0.717, 1.165) is 24.7 Å². The highest BCUT2D eigenvalue weighted by Gasteiger charge is 2.52. The van der Waals surface area contributed by atoms with Crippen LogP contribution in [0.25, 0.3) is 0 Å². The summed E-state index contributed by atoms with van der Waals surface area (Å²) in [6.07, 6.45) is 4.83. The van der Waals surface area contributed by atoms with E-state index in [1.807, 2.05) is 27.7 Å². The Labute approximate surface area is 191 Å². The molecule has 0 bridgehead atoms. The maximum atomic E-state index is 12.6. The molecule has 2 aliphatic rings. The Hall–Kier alpha value is -1.75. The minimum atomic E-state index is -1.38. The average Bonchev–Trinajstić information content (AvgIpc) is 2.98. The summed E-state index contributed by atoms with van der Waals surface area (Å²) in [6, 6.07) is 0.0329. The number of hydrogen-bond acceptors (Lipinski definition) is 8. The summed E-state index contributed by atoms with van der Waals surface area (Å²) in [5.74, 6) is 0.152. The lowest BCUT2D eigenvalue weighted by atomic mass is 9.81. The first-order valence-corrected chi connectivity index (χ1v) is 11.5. The Morgan fingerprint density at radius 2 is 1.81 bits per heavy atom. The van der Waals surface area contributed by atoms with Crippen LogP contribution in [0.15, 0.2) is 12.4 Å². The van der Waals surface area contributed by atoms with Crippen LogP contribution in [-0.2, 0) is 14.1 Å². The Balaban J connectivity index is 1.75. The van der Waals surface area contributed by atoms with Crippen LogP contribution in [0.1, 0.15) is 60.8 Å². The summed E-state index contributed by atoms with van der Waals surface area (Å²) in [5.41, 5.74) is -0.107. The number of amides is 1. The molecule has 0 spiro atoms. The van der Waals surface area contributed by atoms with Gasteiger partial charge < -0.3 is 29.3 Å². The van der Waals surface area contributed by atoms with Crippen LogP contribution >= 0.6 is 0 Å². The van der Waals surface area contributed by atoms with Crippen molar-refractivity contribution in [1.82, 2.24) is 14.9 Å². The number of piperidine rings is 1. The molecular formula is C22H37BN4O5. The number of carbonyl (C=O) groups is 1. The minimum absolute atomic E-state index is 0.0776. The maximum Gasteiger partial charge on any atom is 0.498 e. The first kappa shape index (κ1) is 24.9. The third-order valence-corrected chi connectivity index (χ3v) is 6.84. The topological polar surface area (TPSA) is 108 Å². The molecule has 9 nitrogen and oxygen atoms in total. The zero-order chi connectivity index (χ0) is 23.7. The number of aromatic nitrogens is 2. The van der Waals surface area contributed by atoms with Gasteiger partial charge in [0.15, 0.2) is 6.10 Å². The summed E-state index contributed by atoms with van der Waals surface area (Å²) >= 11 is 0. The minimum Gasteiger partial charge on any atom is -0.399 e. The van der Waals surface area contributed by atoms with Crippen molar-refractivity contribution >= 4 is 24.4 Å². The van der Waals surface area contributed by atoms with Crippen LogP contribution in [-0.4, -0.2) is 87.2 Å². The lowest BCUT2D eigenvalue weighted by Gasteiger charge is -2.40. The van der Waals surface area contributed by atoms with Gasteiger partial charge in [-0.3, -0.25) is 4.79 Å². The number of hydrogen-bond donors (Lipinski definition) is 2. The lowest BCUT2D eigenvalue weighted by Crippen LogP contribution is -2.54. The molecule has 2 fully saturated rings. The van der Waals surface area contributed by atoms with Gasteiger partial charge >= 0.3 is 7.12 Å². The van der Waals surface area contributed by atoms with Gasteiger partial charge in [-0.25, -0.2) is 9.97 Å². The van der Waals surface area contributed by atoms with Crippen molar-refractivity contribution < 1.29 is 24.3 Å². The number of rotatable bonds is 7. The fourth-order valence-corrected chi connectivity index (χ4v) is 4.08. The van der Waals surface area contributed by atoms with Crippen LogP contribution in [0.2, 0.25) is 0 Å². The first-order valence-electron chi connectivity index (χ1n) is 11.5. The standard InChI is InChI=1S/C22H37BN4O5/c1-15(2)27(13-17-9-7-8-10-26(17)19(30)18(29)14-28)20-24-11-16(12-25-20)23-31-21(3,4)22(5,6)32-23/h11-12,15,17-18,28-29H,7-10,13-14H2,1-6H3/t17-,18-/m0/s1. The quantitative estimate of drug-likeness (QED) is 0.588. The van der Waals surface area contributed by atoms with Gasteiger partial charge in [0, 0.05) is 43.0 Å². The molecule has 32 heavy (non-hydrogen) atoms. The first-order chi connectivity index (χ1) is 15.0. The van der Waals surface area contributed by atoms with E-state index in [1.165, 1.54) is 0 Å². The number of aliphatic hydroxyl groups is 2. The van der Waals surface area contributed by atoms with E-state index in [9.17, 15) is 15.0 Å². The summed E-state index contributed by atoms with van der Waals surface area (Å²) < 4.78 is 12.2. The molecule has 2 atom stereocenters. The van der Waals surface area contributed by atoms with Crippen molar-refractivity contribution in [2.24, 2.45) is 0 Å². The van der Waals surface area contributed by atoms with E-state index in [4.69, 9.17) is 9.31 Å². The zero-order valence-corrected chi connectivity index (χ0v) is 20.1. The van der Waals surface area contributed by atoms with Crippen LogP contribution in [0, 0.1) is 0 Å². The highest BCUT2D eigenvalue weighted by molar-refractivity contribution is 6.61. The second-order valence-electron chi connectivity index (χ2n) is 10.0. The van der Waals surface area contributed by atoms with Crippen molar-refractivity contribution in [2.45, 2.75) is 90.2 Å². The third kappa shape index (κ3) is 5.08. The molecule has 2 saturated heterocycles. The molecule has 3 rings (SSSR count). The normalized spacial score (nSPS) is 23.5. The average molecular weight is 448 g/mol. The van der Waals surface area contributed by atoms with Gasteiger partial charge in [-0.1, -0.05) is 0 Å². The van der Waals surface area contributed by atoms with E-state index in [0.29, 0.717) is 19.0 Å². The van der Waals surface area contributed by atoms with Crippen molar-refractivity contribution in [3.63, 3.8) is 0 Å². The number of anilines is 1. The molecule has 3 heterocycles. The number of likely N-dealkylation sites (tertiary alicyclic amines) is 1. The van der Waals surface area contributed by atoms with Gasteiger partial charge in [0.05, 0.1) is 17.8 Å². The molecule has 1 aromatic rings. The van der Waals surface area contributed by atoms with Crippen LogP contribution in [0.3, 0.4) is 0 Å². The van der Waals surface area contributed by atoms with Gasteiger partial charge in [-0.05, 0) is 60.8 Å². The van der Waals surface area contributed by atoms with Crippen LogP contribution < -0.4 is 10.4 Å². The van der Waals surface area contributed by atoms with Gasteiger partial charge in [0.25, 0.3) is 5.91 Å². The number of aliphatic hydroxyl groups excluding tert-OH is 2. The monoisotopic (exact) mass is 448 g/mol. The summed E-state index contributed by atoms with van der Waals surface area (Å²) in [4.78, 5) is 25.5. The summed E-state index contributed by atoms with van der Waals surface area (Å²) in [6.45, 7) is 12.7. The molecule has 0 unspecified atom stereocenters. The molecule has 1 aromatic heterocycles. The zero-order valence-electron chi connectivity index (χ0n) is 20.1. The smallest absolute Gasteiger partial charge is 0.399 e. The third-order valence-electron chi connectivity index (χ3n) is 6.84. The fourth-order valence-electron chi connectivity index (χ4n) is 4.08. The second-order valence-corrected chi connectivity index (χ2v) is 10.0. The molecule has 0 radical (unpaired) electrons. The number of nitrogens with zero attached hydrogens (tertiary/aromatic N) is 4. The van der Waals surface area contributed by atoms with Gasteiger partial charge in [0.2, 0.25) is 5.95 Å². The van der Waals surface area contributed by atoms with E-state index in [2.05, 4.69) is 28.7 Å². The van der Waals surface area contributed by atoms with E-state index in [-0.39, 0.29) is 12.1 Å². The molecular weight excluding hydrogens is 411 g/mol. The highest BCUT2D eigenvalue weighted by Crippen LogP contribution is 2.36. The van der Waals surface area contributed by atoms with E-state index < -0.39 is 36.9 Å². The van der Waals surface area contributed by atoms with Crippen molar-refractivity contribution in [3.05, 3.63) is 12.4 Å². The SMILES string of the molecule is CC(C)N(C[C@@H]1CCCCN1C(=O)[C@@H](O)CO)c1ncc(B2OC(C)(C)C(C)(C)O2)cn1. The van der Waals surface area contributed by atoms with E-state index >= 15 is 0 Å². The maximum absolute atomic E-state index is 12.6. The Morgan fingerprint density at radius 3 is 2.34 bits per heavy atom. The largest absolute Gasteiger partial charge is 0.498 e. The van der Waals surface area contributed by atoms with Gasteiger partial charge in [-0.15, -0.1) is 0 Å². The van der Waals surface area contributed by atoms with Crippen LogP contribution in [0.5, 0.6) is 0 Å². The van der Waals surface area contributed by atoms with Crippen molar-refractivity contribution in [1.29, 1.82) is 0 Å². The van der Waals surface area contributed by atoms with Crippen LogP contribution in [0.4, 0.5) is 5.95 Å². The molecule has 0 aliphatic carbocycles. The fraction of sp³-hybridized carbons (Fsp3) is 0.773. The van der Waals surface area contributed by atoms with Crippen molar-refractivity contribution in [3.8, 4) is 0 Å². The molecule has 0 aromatic carbocycles. The lowest BCUT2D eigenvalue weighted by molar-refractivity contribution is -0.145. The summed E-state index contributed by atoms with van der Waals surface area (Å²) in [5, 5.41) is 19.1. The predicted molar refractivity (Wildman–Crippen MR) is 123 cm³/mol. The molecule has 2 aliphatic heterocycles. The highest BCUT2D eigenvalue weighted by atomic mass is 16.7.